The Hall–Kier alpha value is -3.29. The van der Waals surface area contributed by atoms with Gasteiger partial charge in [0.05, 0.1) is 0 Å². The molecule has 0 spiro atoms. The Labute approximate surface area is 195 Å². The van der Waals surface area contributed by atoms with Crippen molar-refractivity contribution in [1.29, 1.82) is 0 Å². The number of nitrogens with one attached hydrogen (secondary N) is 1. The van der Waals surface area contributed by atoms with E-state index in [-0.39, 0.29) is 4.91 Å². The Balaban J connectivity index is 1.64. The molecule has 2 aromatic carbocycles. The molecule has 0 fully saturated rings. The average molecular weight is 465 g/mol. The third-order valence-corrected chi connectivity index (χ3v) is 6.14. The second-order valence-corrected chi connectivity index (χ2v) is 8.84. The number of aliphatic carboxylic acids is 1. The Morgan fingerprint density at radius 2 is 1.88 bits per heavy atom. The minimum Gasteiger partial charge on any atom is -0.477 e. The van der Waals surface area contributed by atoms with E-state index in [1.807, 2.05) is 57.2 Å². The Morgan fingerprint density at radius 1 is 1.12 bits per heavy atom. The van der Waals surface area contributed by atoms with Crippen LogP contribution in [0.25, 0.3) is 23.2 Å². The van der Waals surface area contributed by atoms with Gasteiger partial charge in [-0.25, -0.2) is 9.78 Å². The van der Waals surface area contributed by atoms with E-state index in [1.54, 1.807) is 18.2 Å². The molecule has 2 N–H and O–H groups in total. The molecule has 162 valence electrons. The van der Waals surface area contributed by atoms with Crippen LogP contribution in [0.3, 0.4) is 0 Å². The molecule has 8 heteroatoms. The number of aromatic nitrogens is 4. The van der Waals surface area contributed by atoms with E-state index in [9.17, 15) is 9.90 Å². The number of hydrogen-bond acceptors (Lipinski definition) is 4. The second-order valence-electron chi connectivity index (χ2n) is 7.39. The van der Waals surface area contributed by atoms with Gasteiger partial charge in [0, 0.05) is 27.7 Å². The first-order valence-corrected chi connectivity index (χ1v) is 11.1. The minimum absolute atomic E-state index is 0.135. The number of halogens is 1. The fourth-order valence-corrected chi connectivity index (χ4v) is 4.33. The fraction of sp³-hybridized carbons (Fsp3) is 0.125. The van der Waals surface area contributed by atoms with Crippen LogP contribution in [-0.2, 0) is 4.79 Å². The predicted octanol–water partition coefficient (Wildman–Crippen LogP) is 6.06. The van der Waals surface area contributed by atoms with Crippen molar-refractivity contribution in [2.75, 3.05) is 0 Å². The van der Waals surface area contributed by atoms with Crippen molar-refractivity contribution in [3.05, 3.63) is 87.0 Å². The topological polar surface area (TPSA) is 83.8 Å². The summed E-state index contributed by atoms with van der Waals surface area (Å²) in [4.78, 5) is 16.5. The summed E-state index contributed by atoms with van der Waals surface area (Å²) in [6.07, 6.45) is 1.67. The lowest BCUT2D eigenvalue weighted by atomic mass is 10.2. The van der Waals surface area contributed by atoms with Crippen LogP contribution < -0.4 is 0 Å². The van der Waals surface area contributed by atoms with E-state index in [1.165, 1.54) is 0 Å². The number of aromatic amines is 1. The maximum absolute atomic E-state index is 12.0. The first-order chi connectivity index (χ1) is 15.3. The van der Waals surface area contributed by atoms with Crippen molar-refractivity contribution in [2.24, 2.45) is 0 Å². The average Bonchev–Trinajstić information content (AvgIpc) is 3.32. The third-order valence-electron chi connectivity index (χ3n) is 5.01. The van der Waals surface area contributed by atoms with E-state index in [4.69, 9.17) is 11.6 Å². The molecule has 6 nitrogen and oxygen atoms in total. The van der Waals surface area contributed by atoms with Crippen molar-refractivity contribution in [2.45, 2.75) is 25.9 Å². The molecule has 0 saturated carbocycles. The van der Waals surface area contributed by atoms with E-state index in [2.05, 4.69) is 25.8 Å². The molecule has 0 saturated heterocycles. The Kier molecular flexibility index (Phi) is 6.21. The number of carboxylic acids is 1. The minimum atomic E-state index is -1.03. The highest BCUT2D eigenvalue weighted by atomic mass is 35.5. The molecule has 0 aliphatic heterocycles. The molecular formula is C24H21ClN4O2S. The first kappa shape index (κ1) is 21.9. The van der Waals surface area contributed by atoms with Crippen LogP contribution in [0, 0.1) is 20.8 Å². The molecule has 0 atom stereocenters. The number of benzene rings is 2. The molecule has 0 radical (unpaired) electrons. The van der Waals surface area contributed by atoms with Crippen LogP contribution in [-0.4, -0.2) is 30.8 Å². The second kappa shape index (κ2) is 9.06. The van der Waals surface area contributed by atoms with Crippen LogP contribution in [0.15, 0.2) is 64.7 Å². The Bertz CT molecular complexity index is 1320. The van der Waals surface area contributed by atoms with Crippen molar-refractivity contribution >= 4 is 35.4 Å². The number of aryl methyl sites for hydroxylation is 2. The van der Waals surface area contributed by atoms with E-state index >= 15 is 0 Å². The van der Waals surface area contributed by atoms with E-state index in [0.717, 1.165) is 45.5 Å². The van der Waals surface area contributed by atoms with Gasteiger partial charge < -0.3 is 9.67 Å². The molecule has 0 unspecified atom stereocenters. The monoisotopic (exact) mass is 464 g/mol. The van der Waals surface area contributed by atoms with Crippen molar-refractivity contribution in [3.8, 4) is 17.1 Å². The first-order valence-electron chi connectivity index (χ1n) is 9.89. The highest BCUT2D eigenvalue weighted by Crippen LogP contribution is 2.30. The van der Waals surface area contributed by atoms with E-state index in [0.29, 0.717) is 16.0 Å². The van der Waals surface area contributed by atoms with Gasteiger partial charge in [-0.15, -0.1) is 5.10 Å². The van der Waals surface area contributed by atoms with Gasteiger partial charge in [0.25, 0.3) is 0 Å². The zero-order chi connectivity index (χ0) is 22.8. The summed E-state index contributed by atoms with van der Waals surface area (Å²) < 4.78 is 2.12. The van der Waals surface area contributed by atoms with Crippen LogP contribution in [0.4, 0.5) is 0 Å². The zero-order valence-electron chi connectivity index (χ0n) is 17.8. The van der Waals surface area contributed by atoms with Gasteiger partial charge in [0.2, 0.25) is 5.16 Å². The summed E-state index contributed by atoms with van der Waals surface area (Å²) in [7, 11) is 0. The maximum Gasteiger partial charge on any atom is 0.342 e. The molecule has 0 amide bonds. The molecule has 2 heterocycles. The predicted molar refractivity (Wildman–Crippen MR) is 128 cm³/mol. The lowest BCUT2D eigenvalue weighted by Crippen LogP contribution is -2.00. The fourth-order valence-electron chi connectivity index (χ4n) is 3.50. The van der Waals surface area contributed by atoms with Gasteiger partial charge in [-0.05, 0) is 92.2 Å². The molecule has 0 aliphatic carbocycles. The molecule has 0 bridgehead atoms. The van der Waals surface area contributed by atoms with Crippen LogP contribution in [0.1, 0.15) is 22.5 Å². The molecule has 32 heavy (non-hydrogen) atoms. The van der Waals surface area contributed by atoms with Gasteiger partial charge in [-0.3, -0.25) is 5.10 Å². The molecule has 2 aromatic heterocycles. The molecule has 4 aromatic rings. The summed E-state index contributed by atoms with van der Waals surface area (Å²) in [6.45, 7) is 6.04. The normalized spacial score (nSPS) is 11.7. The standard InChI is InChI=1S/C24H21ClN4O2S/c1-14-5-4-6-20(11-14)29-15(2)12-18(16(29)3)13-21(23(30)31)32-24-26-22(27-28-24)17-7-9-19(25)10-8-17/h4-13H,1-3H3,(H,30,31)(H,26,27,28)/b21-13+. The smallest absolute Gasteiger partial charge is 0.342 e. The summed E-state index contributed by atoms with van der Waals surface area (Å²) in [5.41, 5.74) is 5.85. The number of carboxylic acid groups (broad SMARTS) is 1. The SMILES string of the molecule is Cc1cccc(-n2c(C)cc(/C=C(/Sc3n[nH]c(-c4ccc(Cl)cc4)n3)C(=O)O)c2C)c1. The number of nitrogens with zero attached hydrogens (tertiary/aromatic N) is 3. The number of rotatable bonds is 6. The molecular weight excluding hydrogens is 444 g/mol. The highest BCUT2D eigenvalue weighted by Gasteiger charge is 2.17. The van der Waals surface area contributed by atoms with Crippen LogP contribution in [0.5, 0.6) is 0 Å². The summed E-state index contributed by atoms with van der Waals surface area (Å²) >= 11 is 6.94. The quantitative estimate of drug-likeness (QED) is 0.267. The number of carbonyl (C=O) groups is 1. The Morgan fingerprint density at radius 3 is 2.56 bits per heavy atom. The van der Waals surface area contributed by atoms with Gasteiger partial charge in [0.1, 0.15) is 4.91 Å². The van der Waals surface area contributed by atoms with Crippen molar-refractivity contribution in [3.63, 3.8) is 0 Å². The number of H-pyrrole nitrogens is 1. The maximum atomic E-state index is 12.0. The molecule has 0 aliphatic rings. The molecule has 4 rings (SSSR count). The van der Waals surface area contributed by atoms with Gasteiger partial charge in [-0.1, -0.05) is 23.7 Å². The van der Waals surface area contributed by atoms with Crippen LogP contribution in [0.2, 0.25) is 5.02 Å². The number of thioether (sulfide) groups is 1. The lowest BCUT2D eigenvalue weighted by Gasteiger charge is -2.10. The highest BCUT2D eigenvalue weighted by molar-refractivity contribution is 8.04. The zero-order valence-corrected chi connectivity index (χ0v) is 19.3. The largest absolute Gasteiger partial charge is 0.477 e. The summed E-state index contributed by atoms with van der Waals surface area (Å²) in [6, 6.07) is 17.4. The summed E-state index contributed by atoms with van der Waals surface area (Å²) in [5, 5.41) is 17.8. The van der Waals surface area contributed by atoms with Crippen molar-refractivity contribution in [1.82, 2.24) is 19.7 Å². The van der Waals surface area contributed by atoms with Crippen LogP contribution >= 0.6 is 23.4 Å². The summed E-state index contributed by atoms with van der Waals surface area (Å²) in [5.74, 6) is -0.486. The van der Waals surface area contributed by atoms with Crippen molar-refractivity contribution < 1.29 is 9.90 Å². The van der Waals surface area contributed by atoms with E-state index < -0.39 is 5.97 Å². The van der Waals surface area contributed by atoms with Gasteiger partial charge in [0.15, 0.2) is 5.82 Å². The number of hydrogen-bond donors (Lipinski definition) is 2. The third kappa shape index (κ3) is 4.64. The van der Waals surface area contributed by atoms with Gasteiger partial charge in [-0.2, -0.15) is 0 Å². The van der Waals surface area contributed by atoms with Gasteiger partial charge >= 0.3 is 5.97 Å². The lowest BCUT2D eigenvalue weighted by molar-refractivity contribution is -0.131.